The van der Waals surface area contributed by atoms with Crippen LogP contribution in [-0.4, -0.2) is 21.8 Å². The van der Waals surface area contributed by atoms with Crippen LogP contribution in [0.15, 0.2) is 17.5 Å². The zero-order valence-corrected chi connectivity index (χ0v) is 13.5. The maximum absolute atomic E-state index is 7.23. The van der Waals surface area contributed by atoms with Crippen LogP contribution < -0.4 is 5.32 Å². The SMILES string of the molecule is [2H]C([2H])([2H])NCC[C@H](O[Si](CC)(CC)CC)c1cccs1. The van der Waals surface area contributed by atoms with Gasteiger partial charge < -0.3 is 9.74 Å². The van der Waals surface area contributed by atoms with Crippen molar-refractivity contribution < 1.29 is 8.54 Å². The zero-order chi connectivity index (χ0) is 15.9. The van der Waals surface area contributed by atoms with Crippen molar-refractivity contribution in [3.8, 4) is 0 Å². The molecule has 0 bridgehead atoms. The molecule has 0 aromatic carbocycles. The van der Waals surface area contributed by atoms with E-state index in [9.17, 15) is 0 Å². The first-order valence-electron chi connectivity index (χ1n) is 8.32. The van der Waals surface area contributed by atoms with E-state index in [2.05, 4.69) is 37.5 Å². The molecule has 0 aliphatic rings. The van der Waals surface area contributed by atoms with Crippen LogP contribution in [0.2, 0.25) is 18.1 Å². The highest BCUT2D eigenvalue weighted by atomic mass is 32.1. The van der Waals surface area contributed by atoms with Crippen LogP contribution in [-0.2, 0) is 4.43 Å². The summed E-state index contributed by atoms with van der Waals surface area (Å²) in [5.41, 5.74) is 0. The van der Waals surface area contributed by atoms with Gasteiger partial charge in [-0.3, -0.25) is 0 Å². The molecule has 0 aliphatic heterocycles. The van der Waals surface area contributed by atoms with Crippen LogP contribution >= 0.6 is 11.3 Å². The topological polar surface area (TPSA) is 21.3 Å². The van der Waals surface area contributed by atoms with Crippen molar-refractivity contribution >= 4 is 19.7 Å². The molecule has 0 unspecified atom stereocenters. The second-order valence-corrected chi connectivity index (χ2v) is 10.3. The normalized spacial score (nSPS) is 16.9. The highest BCUT2D eigenvalue weighted by molar-refractivity contribution is 7.10. The van der Waals surface area contributed by atoms with Crippen molar-refractivity contribution in [2.45, 2.75) is 51.4 Å². The van der Waals surface area contributed by atoms with E-state index >= 15 is 0 Å². The Bertz CT molecular complexity index is 385. The fraction of sp³-hybridized carbons (Fsp3) is 0.714. The molecule has 0 amide bonds. The van der Waals surface area contributed by atoms with E-state index < -0.39 is 15.3 Å². The third-order valence-electron chi connectivity index (χ3n) is 3.72. The molecule has 1 N–H and O–H groups in total. The first kappa shape index (κ1) is 11.6. The molecule has 1 rings (SSSR count). The molecule has 2 nitrogen and oxygen atoms in total. The molecule has 0 saturated carbocycles. The minimum atomic E-state index is -2.07. The van der Waals surface area contributed by atoms with Crippen LogP contribution in [0.5, 0.6) is 0 Å². The minimum absolute atomic E-state index is 0.0198. The van der Waals surface area contributed by atoms with Crippen LogP contribution in [0.4, 0.5) is 0 Å². The second-order valence-electron chi connectivity index (χ2n) is 4.58. The van der Waals surface area contributed by atoms with E-state index in [1.807, 2.05) is 6.07 Å². The monoisotopic (exact) mass is 288 g/mol. The highest BCUT2D eigenvalue weighted by Crippen LogP contribution is 2.33. The molecule has 1 aromatic rings. The maximum atomic E-state index is 7.23. The number of thiophene rings is 1. The van der Waals surface area contributed by atoms with Crippen LogP contribution in [0.3, 0.4) is 0 Å². The lowest BCUT2D eigenvalue weighted by Gasteiger charge is -2.33. The van der Waals surface area contributed by atoms with Gasteiger partial charge in [-0.25, -0.2) is 0 Å². The molecule has 0 saturated heterocycles. The summed E-state index contributed by atoms with van der Waals surface area (Å²) in [6.45, 7) is 5.01. The summed E-state index contributed by atoms with van der Waals surface area (Å²) in [7, 11) is -1.69. The predicted molar refractivity (Wildman–Crippen MR) is 83.9 cm³/mol. The molecule has 18 heavy (non-hydrogen) atoms. The van der Waals surface area contributed by atoms with Crippen LogP contribution in [0.1, 0.15) is 42.3 Å². The highest BCUT2D eigenvalue weighted by Gasteiger charge is 2.32. The standard InChI is InChI=1S/C14H27NOSSi/c1-5-18(6-2,7-3)16-13(10-11-15-4)14-9-8-12-17-14/h8-9,12-13,15H,5-7,10-11H2,1-4H3/t13-/m0/s1/i4D3. The van der Waals surface area contributed by atoms with Gasteiger partial charge >= 0.3 is 0 Å². The van der Waals surface area contributed by atoms with Gasteiger partial charge in [0.1, 0.15) is 0 Å². The first-order valence-corrected chi connectivity index (χ1v) is 10.2. The van der Waals surface area contributed by atoms with Gasteiger partial charge in [0.15, 0.2) is 8.32 Å². The van der Waals surface area contributed by atoms with Crippen LogP contribution in [0.25, 0.3) is 0 Å². The lowest BCUT2D eigenvalue weighted by molar-refractivity contribution is 0.183. The van der Waals surface area contributed by atoms with Crippen molar-refractivity contribution in [1.82, 2.24) is 5.32 Å². The summed E-state index contributed by atoms with van der Waals surface area (Å²) in [6, 6.07) is 7.43. The molecule has 104 valence electrons. The molecule has 4 heteroatoms. The molecule has 0 aliphatic carbocycles. The van der Waals surface area contributed by atoms with Gasteiger partial charge in [0, 0.05) is 8.99 Å². The Kier molecular flexibility index (Phi) is 5.24. The van der Waals surface area contributed by atoms with Crippen LogP contribution in [0, 0.1) is 0 Å². The molecule has 1 aromatic heterocycles. The summed E-state index contributed by atoms with van der Waals surface area (Å²) in [5.74, 6) is 0. The Morgan fingerprint density at radius 2 is 2.11 bits per heavy atom. The molecule has 1 heterocycles. The third kappa shape index (κ3) is 4.19. The number of hydrogen-bond acceptors (Lipinski definition) is 3. The summed E-state index contributed by atoms with van der Waals surface area (Å²) < 4.78 is 28.3. The second kappa shape index (κ2) is 8.10. The zero-order valence-electron chi connectivity index (χ0n) is 14.7. The average molecular weight is 289 g/mol. The predicted octanol–water partition coefficient (Wildman–Crippen LogP) is 4.42. The van der Waals surface area contributed by atoms with E-state index in [4.69, 9.17) is 8.54 Å². The van der Waals surface area contributed by atoms with Gasteiger partial charge in [-0.05, 0) is 49.5 Å². The summed E-state index contributed by atoms with van der Waals surface area (Å²) >= 11 is 1.69. The third-order valence-corrected chi connectivity index (χ3v) is 9.33. The average Bonchev–Trinajstić information content (AvgIpc) is 2.96. The van der Waals surface area contributed by atoms with E-state index in [-0.39, 0.29) is 6.10 Å². The van der Waals surface area contributed by atoms with E-state index in [1.165, 1.54) is 4.88 Å². The van der Waals surface area contributed by atoms with Gasteiger partial charge in [0.05, 0.1) is 6.10 Å². The summed E-state index contributed by atoms with van der Waals surface area (Å²) in [5, 5.41) is 4.65. The Balaban J connectivity index is 2.74. The maximum Gasteiger partial charge on any atom is 0.192 e. The van der Waals surface area contributed by atoms with Crippen molar-refractivity contribution in [3.63, 3.8) is 0 Å². The van der Waals surface area contributed by atoms with E-state index in [1.54, 1.807) is 11.3 Å². The van der Waals surface area contributed by atoms with E-state index in [0.717, 1.165) is 18.1 Å². The fourth-order valence-electron chi connectivity index (χ4n) is 2.24. The molecule has 1 atom stereocenters. The molecule has 0 fully saturated rings. The van der Waals surface area contributed by atoms with Crippen molar-refractivity contribution in [2.24, 2.45) is 0 Å². The minimum Gasteiger partial charge on any atom is -0.409 e. The van der Waals surface area contributed by atoms with Crippen molar-refractivity contribution in [3.05, 3.63) is 22.4 Å². The van der Waals surface area contributed by atoms with Gasteiger partial charge in [0.25, 0.3) is 0 Å². The van der Waals surface area contributed by atoms with Gasteiger partial charge in [-0.2, -0.15) is 0 Å². The van der Waals surface area contributed by atoms with Gasteiger partial charge in [-0.15, -0.1) is 11.3 Å². The van der Waals surface area contributed by atoms with Crippen molar-refractivity contribution in [1.29, 1.82) is 0 Å². The fourth-order valence-corrected chi connectivity index (χ4v) is 5.96. The summed E-state index contributed by atoms with van der Waals surface area (Å²) in [6.07, 6.45) is 0.722. The smallest absolute Gasteiger partial charge is 0.192 e. The first-order chi connectivity index (χ1) is 9.86. The lowest BCUT2D eigenvalue weighted by atomic mass is 10.2. The Hall–Kier alpha value is -0.163. The number of hydrogen-bond donors (Lipinski definition) is 1. The molecular formula is C14H27NOSSi. The number of nitrogens with one attached hydrogen (secondary N) is 1. The van der Waals surface area contributed by atoms with Crippen molar-refractivity contribution in [2.75, 3.05) is 13.5 Å². The van der Waals surface area contributed by atoms with Gasteiger partial charge in [0.2, 0.25) is 0 Å². The largest absolute Gasteiger partial charge is 0.409 e. The molecule has 0 radical (unpaired) electrons. The molecule has 0 spiro atoms. The van der Waals surface area contributed by atoms with Gasteiger partial charge in [-0.1, -0.05) is 26.8 Å². The Labute approximate surface area is 121 Å². The van der Waals surface area contributed by atoms with E-state index in [0.29, 0.717) is 13.0 Å². The lowest BCUT2D eigenvalue weighted by Crippen LogP contribution is -2.37. The Morgan fingerprint density at radius 1 is 1.39 bits per heavy atom. The summed E-state index contributed by atoms with van der Waals surface area (Å²) in [4.78, 5) is 1.20. The quantitative estimate of drug-likeness (QED) is 0.679. The molecular weight excluding hydrogens is 258 g/mol. The number of rotatable bonds is 9. The Morgan fingerprint density at radius 3 is 2.61 bits per heavy atom.